The van der Waals surface area contributed by atoms with Crippen LogP contribution >= 0.6 is 11.3 Å². The SMILES string of the molecule is O=C(NCCc1nc(-c2ccc([N+](=O)[O-])cc2)cs1)C(c1ccccc1)c1ccccc1. The Bertz CT molecular complexity index is 1150. The third kappa shape index (κ3) is 5.07. The molecule has 6 nitrogen and oxygen atoms in total. The van der Waals surface area contributed by atoms with E-state index < -0.39 is 4.92 Å². The smallest absolute Gasteiger partial charge is 0.269 e. The van der Waals surface area contributed by atoms with Crippen molar-refractivity contribution in [1.29, 1.82) is 0 Å². The van der Waals surface area contributed by atoms with Crippen LogP contribution in [-0.2, 0) is 11.2 Å². The van der Waals surface area contributed by atoms with Gasteiger partial charge in [-0.2, -0.15) is 0 Å². The lowest BCUT2D eigenvalue weighted by atomic mass is 9.90. The van der Waals surface area contributed by atoms with Crippen molar-refractivity contribution in [3.05, 3.63) is 117 Å². The molecule has 32 heavy (non-hydrogen) atoms. The number of nitrogens with zero attached hydrogens (tertiary/aromatic N) is 2. The number of hydrogen-bond acceptors (Lipinski definition) is 5. The predicted octanol–water partition coefficient (Wildman–Crippen LogP) is 5.21. The molecule has 0 spiro atoms. The van der Waals surface area contributed by atoms with Crippen LogP contribution in [-0.4, -0.2) is 22.4 Å². The molecular formula is C25H21N3O3S. The van der Waals surface area contributed by atoms with E-state index in [0.717, 1.165) is 27.4 Å². The van der Waals surface area contributed by atoms with Crippen LogP contribution in [0.2, 0.25) is 0 Å². The molecule has 4 rings (SSSR count). The van der Waals surface area contributed by atoms with Crippen molar-refractivity contribution in [3.63, 3.8) is 0 Å². The molecule has 1 amide bonds. The van der Waals surface area contributed by atoms with Crippen molar-refractivity contribution in [2.45, 2.75) is 12.3 Å². The minimum Gasteiger partial charge on any atom is -0.355 e. The van der Waals surface area contributed by atoms with E-state index in [2.05, 4.69) is 10.3 Å². The Morgan fingerprint density at radius 3 is 2.09 bits per heavy atom. The first kappa shape index (κ1) is 21.4. The van der Waals surface area contributed by atoms with Gasteiger partial charge in [0, 0.05) is 36.0 Å². The van der Waals surface area contributed by atoms with Crippen molar-refractivity contribution < 1.29 is 9.72 Å². The van der Waals surface area contributed by atoms with Crippen LogP contribution in [0.4, 0.5) is 5.69 Å². The first-order chi connectivity index (χ1) is 15.6. The summed E-state index contributed by atoms with van der Waals surface area (Å²) < 4.78 is 0. The molecule has 1 N–H and O–H groups in total. The fourth-order valence-electron chi connectivity index (χ4n) is 3.49. The molecule has 0 fully saturated rings. The van der Waals surface area contributed by atoms with Crippen molar-refractivity contribution >= 4 is 22.9 Å². The second kappa shape index (κ2) is 9.98. The fourth-order valence-corrected chi connectivity index (χ4v) is 4.30. The highest BCUT2D eigenvalue weighted by molar-refractivity contribution is 7.09. The van der Waals surface area contributed by atoms with E-state index in [1.807, 2.05) is 66.0 Å². The van der Waals surface area contributed by atoms with Crippen LogP contribution in [0.1, 0.15) is 22.1 Å². The third-order valence-electron chi connectivity index (χ3n) is 5.09. The second-order valence-corrected chi connectivity index (χ2v) is 8.17. The van der Waals surface area contributed by atoms with Crippen molar-refractivity contribution in [1.82, 2.24) is 10.3 Å². The van der Waals surface area contributed by atoms with Crippen LogP contribution in [0.3, 0.4) is 0 Å². The normalized spacial score (nSPS) is 10.8. The molecule has 1 heterocycles. The summed E-state index contributed by atoms with van der Waals surface area (Å²) in [6.45, 7) is 0.474. The van der Waals surface area contributed by atoms with Gasteiger partial charge in [-0.15, -0.1) is 11.3 Å². The predicted molar refractivity (Wildman–Crippen MR) is 126 cm³/mol. The molecule has 1 aromatic heterocycles. The van der Waals surface area contributed by atoms with E-state index in [1.165, 1.54) is 23.5 Å². The zero-order chi connectivity index (χ0) is 22.3. The Kier molecular flexibility index (Phi) is 6.67. The van der Waals surface area contributed by atoms with Gasteiger partial charge >= 0.3 is 0 Å². The van der Waals surface area contributed by atoms with E-state index in [-0.39, 0.29) is 17.5 Å². The van der Waals surface area contributed by atoms with Gasteiger partial charge in [0.05, 0.1) is 21.5 Å². The molecule has 3 aromatic carbocycles. The molecule has 4 aromatic rings. The highest BCUT2D eigenvalue weighted by Crippen LogP contribution is 2.26. The number of carbonyl (C=O) groups is 1. The van der Waals surface area contributed by atoms with E-state index in [1.54, 1.807) is 12.1 Å². The van der Waals surface area contributed by atoms with Gasteiger partial charge in [0.1, 0.15) is 0 Å². The topological polar surface area (TPSA) is 85.1 Å². The highest BCUT2D eigenvalue weighted by Gasteiger charge is 2.22. The van der Waals surface area contributed by atoms with Crippen LogP contribution < -0.4 is 5.32 Å². The van der Waals surface area contributed by atoms with Gasteiger partial charge in [0.2, 0.25) is 5.91 Å². The average molecular weight is 444 g/mol. The first-order valence-corrected chi connectivity index (χ1v) is 11.1. The highest BCUT2D eigenvalue weighted by atomic mass is 32.1. The summed E-state index contributed by atoms with van der Waals surface area (Å²) in [5.74, 6) is -0.418. The lowest BCUT2D eigenvalue weighted by molar-refractivity contribution is -0.384. The second-order valence-electron chi connectivity index (χ2n) is 7.23. The minimum atomic E-state index is -0.420. The molecule has 0 unspecified atom stereocenters. The van der Waals surface area contributed by atoms with E-state index in [4.69, 9.17) is 0 Å². The molecule has 0 aliphatic carbocycles. The monoisotopic (exact) mass is 443 g/mol. The molecule has 0 aliphatic rings. The minimum absolute atomic E-state index is 0.0467. The van der Waals surface area contributed by atoms with Gasteiger partial charge < -0.3 is 5.32 Å². The number of nitro benzene ring substituents is 1. The fraction of sp³-hybridized carbons (Fsp3) is 0.120. The Labute approximate surface area is 189 Å². The van der Waals surface area contributed by atoms with Gasteiger partial charge in [-0.1, -0.05) is 60.7 Å². The van der Waals surface area contributed by atoms with Gasteiger partial charge in [-0.05, 0) is 23.3 Å². The van der Waals surface area contributed by atoms with Gasteiger partial charge in [0.15, 0.2) is 0 Å². The van der Waals surface area contributed by atoms with E-state index in [0.29, 0.717) is 13.0 Å². The van der Waals surface area contributed by atoms with Crippen LogP contribution in [0.15, 0.2) is 90.3 Å². The van der Waals surface area contributed by atoms with Crippen LogP contribution in [0.5, 0.6) is 0 Å². The largest absolute Gasteiger partial charge is 0.355 e. The molecule has 160 valence electrons. The molecule has 7 heteroatoms. The number of nitro groups is 1. The summed E-state index contributed by atoms with van der Waals surface area (Å²) in [4.78, 5) is 28.1. The summed E-state index contributed by atoms with van der Waals surface area (Å²) in [6.07, 6.45) is 0.611. The molecule has 0 saturated heterocycles. The van der Waals surface area contributed by atoms with Gasteiger partial charge in [0.25, 0.3) is 5.69 Å². The number of thiazole rings is 1. The van der Waals surface area contributed by atoms with Crippen molar-refractivity contribution in [2.75, 3.05) is 6.54 Å². The molecular weight excluding hydrogens is 422 g/mol. The van der Waals surface area contributed by atoms with E-state index in [9.17, 15) is 14.9 Å². The summed E-state index contributed by atoms with van der Waals surface area (Å²) in [5.41, 5.74) is 3.56. The standard InChI is InChI=1S/C25H21N3O3S/c29-25(24(19-7-3-1-4-8-19)20-9-5-2-6-10-20)26-16-15-23-27-22(17-32-23)18-11-13-21(14-12-18)28(30)31/h1-14,17,24H,15-16H2,(H,26,29). The van der Waals surface area contributed by atoms with Crippen LogP contribution in [0, 0.1) is 10.1 Å². The quantitative estimate of drug-likeness (QED) is 0.299. The molecule has 0 atom stereocenters. The molecule has 0 saturated carbocycles. The van der Waals surface area contributed by atoms with Crippen molar-refractivity contribution in [3.8, 4) is 11.3 Å². The number of aromatic nitrogens is 1. The Balaban J connectivity index is 1.40. The summed E-state index contributed by atoms with van der Waals surface area (Å²) >= 11 is 1.51. The number of carbonyl (C=O) groups excluding carboxylic acids is 1. The van der Waals surface area contributed by atoms with Crippen molar-refractivity contribution in [2.24, 2.45) is 0 Å². The maximum atomic E-state index is 13.1. The summed E-state index contributed by atoms with van der Waals surface area (Å²) in [7, 11) is 0. The van der Waals surface area contributed by atoms with Crippen LogP contribution in [0.25, 0.3) is 11.3 Å². The Morgan fingerprint density at radius 2 is 1.53 bits per heavy atom. The number of nitrogens with one attached hydrogen (secondary N) is 1. The Morgan fingerprint density at radius 1 is 0.938 bits per heavy atom. The van der Waals surface area contributed by atoms with Gasteiger partial charge in [-0.3, -0.25) is 14.9 Å². The van der Waals surface area contributed by atoms with Gasteiger partial charge in [-0.25, -0.2) is 4.98 Å². The lowest BCUT2D eigenvalue weighted by Gasteiger charge is -2.17. The van der Waals surface area contributed by atoms with E-state index >= 15 is 0 Å². The summed E-state index contributed by atoms with van der Waals surface area (Å²) in [6, 6.07) is 25.8. The number of rotatable bonds is 8. The maximum absolute atomic E-state index is 13.1. The number of hydrogen-bond donors (Lipinski definition) is 1. The maximum Gasteiger partial charge on any atom is 0.269 e. The summed E-state index contributed by atoms with van der Waals surface area (Å²) in [5, 5.41) is 16.7. The third-order valence-corrected chi connectivity index (χ3v) is 6.00. The average Bonchev–Trinajstić information content (AvgIpc) is 3.30. The lowest BCUT2D eigenvalue weighted by Crippen LogP contribution is -2.31. The molecule has 0 aliphatic heterocycles. The Hall–Kier alpha value is -3.84. The molecule has 0 bridgehead atoms. The zero-order valence-electron chi connectivity index (χ0n) is 17.2. The number of non-ortho nitro benzene ring substituents is 1. The number of amides is 1. The molecule has 0 radical (unpaired) electrons. The zero-order valence-corrected chi connectivity index (χ0v) is 18.0. The first-order valence-electron chi connectivity index (χ1n) is 10.2. The number of benzene rings is 3.